The van der Waals surface area contributed by atoms with Crippen LogP contribution in [0.2, 0.25) is 0 Å². The monoisotopic (exact) mass is 297 g/mol. The molecule has 1 rings (SSSR count). The Hall–Kier alpha value is -1.66. The highest BCUT2D eigenvalue weighted by atomic mass is 32.2. The molecule has 0 aliphatic rings. The highest BCUT2D eigenvalue weighted by Crippen LogP contribution is 2.22. The minimum absolute atomic E-state index is 0.0263. The summed E-state index contributed by atoms with van der Waals surface area (Å²) in [6, 6.07) is 2.30. The second-order valence-corrected chi connectivity index (χ2v) is 6.42. The highest BCUT2D eigenvalue weighted by molar-refractivity contribution is 7.89. The van der Waals surface area contributed by atoms with E-state index >= 15 is 0 Å². The minimum atomic E-state index is -3.88. The number of aryl methyl sites for hydroxylation is 3. The maximum Gasteiger partial charge on any atom is 0.322 e. The number of carboxylic acid groups (broad SMARTS) is 1. The van der Waals surface area contributed by atoms with Gasteiger partial charge in [-0.2, -0.15) is 4.72 Å². The van der Waals surface area contributed by atoms with Gasteiger partial charge in [-0.15, -0.1) is 6.58 Å². The lowest BCUT2D eigenvalue weighted by molar-refractivity contribution is -0.138. The fraction of sp³-hybridized carbons (Fsp3) is 0.357. The second kappa shape index (κ2) is 6.19. The zero-order valence-electron chi connectivity index (χ0n) is 11.8. The topological polar surface area (TPSA) is 83.5 Å². The fourth-order valence-electron chi connectivity index (χ4n) is 2.20. The fourth-order valence-corrected chi connectivity index (χ4v) is 3.86. The third kappa shape index (κ3) is 3.68. The quantitative estimate of drug-likeness (QED) is 0.786. The van der Waals surface area contributed by atoms with Crippen LogP contribution in [-0.4, -0.2) is 25.5 Å². The Labute approximate surface area is 119 Å². The number of carbonyl (C=O) groups is 1. The molecular weight excluding hydrogens is 278 g/mol. The Morgan fingerprint density at radius 1 is 1.35 bits per heavy atom. The van der Waals surface area contributed by atoms with Crippen molar-refractivity contribution in [3.05, 3.63) is 41.5 Å². The molecule has 0 amide bonds. The van der Waals surface area contributed by atoms with Gasteiger partial charge in [0.1, 0.15) is 6.04 Å². The molecule has 0 heterocycles. The van der Waals surface area contributed by atoms with Gasteiger partial charge >= 0.3 is 5.97 Å². The number of rotatable bonds is 6. The molecule has 0 spiro atoms. The summed E-state index contributed by atoms with van der Waals surface area (Å²) in [5.74, 6) is -1.23. The Kier molecular flexibility index (Phi) is 5.08. The van der Waals surface area contributed by atoms with Crippen molar-refractivity contribution in [3.8, 4) is 0 Å². The number of hydrogen-bond acceptors (Lipinski definition) is 3. The van der Waals surface area contributed by atoms with Crippen LogP contribution in [0.15, 0.2) is 29.7 Å². The van der Waals surface area contributed by atoms with Crippen LogP contribution in [0, 0.1) is 20.8 Å². The van der Waals surface area contributed by atoms with Gasteiger partial charge in [-0.25, -0.2) is 8.42 Å². The van der Waals surface area contributed by atoms with Crippen LogP contribution in [0.25, 0.3) is 0 Å². The highest BCUT2D eigenvalue weighted by Gasteiger charge is 2.26. The molecule has 1 aromatic carbocycles. The predicted octanol–water partition coefficient (Wildman–Crippen LogP) is 1.92. The molecule has 1 atom stereocenters. The Morgan fingerprint density at radius 3 is 2.25 bits per heavy atom. The van der Waals surface area contributed by atoms with Gasteiger partial charge in [-0.1, -0.05) is 23.8 Å². The van der Waals surface area contributed by atoms with Crippen molar-refractivity contribution in [3.63, 3.8) is 0 Å². The van der Waals surface area contributed by atoms with E-state index in [2.05, 4.69) is 11.3 Å². The molecule has 0 fully saturated rings. The number of benzene rings is 1. The zero-order chi connectivity index (χ0) is 15.5. The average molecular weight is 297 g/mol. The summed E-state index contributed by atoms with van der Waals surface area (Å²) >= 11 is 0. The van der Waals surface area contributed by atoms with Crippen LogP contribution >= 0.6 is 0 Å². The molecule has 0 saturated carbocycles. The first-order valence-corrected chi connectivity index (χ1v) is 7.61. The van der Waals surface area contributed by atoms with Gasteiger partial charge in [0.25, 0.3) is 0 Å². The lowest BCUT2D eigenvalue weighted by Gasteiger charge is -2.16. The smallest absolute Gasteiger partial charge is 0.322 e. The second-order valence-electron chi connectivity index (χ2n) is 4.76. The first kappa shape index (κ1) is 16.4. The standard InChI is InChI=1S/C14H19NO4S/c1-5-6-12(14(16)17)15-20(18,19)13-10(3)7-9(2)8-11(13)4/h5,7-8,12,15H,1,6H2,2-4H3,(H,16,17). The molecule has 0 bridgehead atoms. The van der Waals surface area contributed by atoms with Crippen molar-refractivity contribution < 1.29 is 18.3 Å². The van der Waals surface area contributed by atoms with Gasteiger partial charge in [-0.05, 0) is 38.3 Å². The summed E-state index contributed by atoms with van der Waals surface area (Å²) in [5.41, 5.74) is 2.15. The van der Waals surface area contributed by atoms with Crippen molar-refractivity contribution in [2.24, 2.45) is 0 Å². The zero-order valence-corrected chi connectivity index (χ0v) is 12.6. The van der Waals surface area contributed by atoms with E-state index in [0.29, 0.717) is 11.1 Å². The third-order valence-electron chi connectivity index (χ3n) is 2.87. The lowest BCUT2D eigenvalue weighted by Crippen LogP contribution is -2.40. The summed E-state index contributed by atoms with van der Waals surface area (Å²) in [6.45, 7) is 8.70. The molecule has 0 aromatic heterocycles. The van der Waals surface area contributed by atoms with Crippen LogP contribution in [0.4, 0.5) is 0 Å². The first-order chi connectivity index (χ1) is 9.19. The summed E-state index contributed by atoms with van der Waals surface area (Å²) in [6.07, 6.45) is 1.40. The van der Waals surface area contributed by atoms with E-state index in [0.717, 1.165) is 5.56 Å². The predicted molar refractivity (Wildman–Crippen MR) is 77.2 cm³/mol. The van der Waals surface area contributed by atoms with E-state index in [4.69, 9.17) is 5.11 Å². The molecule has 6 heteroatoms. The number of hydrogen-bond donors (Lipinski definition) is 2. The average Bonchev–Trinajstić information content (AvgIpc) is 2.25. The molecule has 0 aliphatic heterocycles. The van der Waals surface area contributed by atoms with Crippen molar-refractivity contribution in [1.29, 1.82) is 0 Å². The van der Waals surface area contributed by atoms with Gasteiger partial charge in [-0.3, -0.25) is 4.79 Å². The van der Waals surface area contributed by atoms with Gasteiger partial charge in [0, 0.05) is 0 Å². The Balaban J connectivity index is 3.24. The third-order valence-corrected chi connectivity index (χ3v) is 4.65. The first-order valence-electron chi connectivity index (χ1n) is 6.13. The Morgan fingerprint density at radius 2 is 1.85 bits per heavy atom. The molecule has 5 nitrogen and oxygen atoms in total. The van der Waals surface area contributed by atoms with Gasteiger partial charge in [0.15, 0.2) is 0 Å². The molecule has 2 N–H and O–H groups in total. The maximum absolute atomic E-state index is 12.4. The summed E-state index contributed by atoms with van der Waals surface area (Å²) in [5, 5.41) is 9.02. The molecule has 0 saturated heterocycles. The van der Waals surface area contributed by atoms with Crippen LogP contribution < -0.4 is 4.72 Å². The maximum atomic E-state index is 12.4. The van der Waals surface area contributed by atoms with Crippen LogP contribution in [0.5, 0.6) is 0 Å². The molecule has 1 aromatic rings. The van der Waals surface area contributed by atoms with E-state index in [1.54, 1.807) is 26.0 Å². The van der Waals surface area contributed by atoms with E-state index in [1.165, 1.54) is 6.08 Å². The van der Waals surface area contributed by atoms with E-state index in [-0.39, 0.29) is 11.3 Å². The van der Waals surface area contributed by atoms with Crippen molar-refractivity contribution in [2.75, 3.05) is 0 Å². The largest absolute Gasteiger partial charge is 0.480 e. The van der Waals surface area contributed by atoms with Crippen LogP contribution in [0.1, 0.15) is 23.1 Å². The van der Waals surface area contributed by atoms with Crippen molar-refractivity contribution >= 4 is 16.0 Å². The van der Waals surface area contributed by atoms with Gasteiger partial charge < -0.3 is 5.11 Å². The molecule has 20 heavy (non-hydrogen) atoms. The summed E-state index contributed by atoms with van der Waals surface area (Å²) < 4.78 is 26.9. The Bertz CT molecular complexity index is 612. The minimum Gasteiger partial charge on any atom is -0.480 e. The number of sulfonamides is 1. The van der Waals surface area contributed by atoms with E-state index in [1.807, 2.05) is 6.92 Å². The van der Waals surface area contributed by atoms with Crippen LogP contribution in [-0.2, 0) is 14.8 Å². The molecule has 110 valence electrons. The van der Waals surface area contributed by atoms with E-state index in [9.17, 15) is 13.2 Å². The normalized spacial score (nSPS) is 12.9. The lowest BCUT2D eigenvalue weighted by atomic mass is 10.1. The van der Waals surface area contributed by atoms with Crippen LogP contribution in [0.3, 0.4) is 0 Å². The van der Waals surface area contributed by atoms with Crippen molar-refractivity contribution in [2.45, 2.75) is 38.1 Å². The number of carboxylic acids is 1. The molecule has 0 aliphatic carbocycles. The molecule has 0 radical (unpaired) electrons. The van der Waals surface area contributed by atoms with Gasteiger partial charge in [0.2, 0.25) is 10.0 Å². The SMILES string of the molecule is C=CCC(NS(=O)(=O)c1c(C)cc(C)cc1C)C(=O)O. The number of aliphatic carboxylic acids is 1. The number of nitrogens with one attached hydrogen (secondary N) is 1. The van der Waals surface area contributed by atoms with E-state index < -0.39 is 22.0 Å². The van der Waals surface area contributed by atoms with Crippen molar-refractivity contribution in [1.82, 2.24) is 4.72 Å². The summed E-state index contributed by atoms with van der Waals surface area (Å²) in [4.78, 5) is 11.2. The molecular formula is C14H19NO4S. The summed E-state index contributed by atoms with van der Waals surface area (Å²) in [7, 11) is -3.88. The van der Waals surface area contributed by atoms with Gasteiger partial charge in [0.05, 0.1) is 4.90 Å². The molecule has 1 unspecified atom stereocenters.